The van der Waals surface area contributed by atoms with Gasteiger partial charge >= 0.3 is 6.18 Å². The molecule has 10 aromatic rings. The summed E-state index contributed by atoms with van der Waals surface area (Å²) in [6, 6.07) is 9.69. The van der Waals surface area contributed by atoms with Crippen molar-refractivity contribution in [3.63, 3.8) is 0 Å². The van der Waals surface area contributed by atoms with Crippen molar-refractivity contribution >= 4 is 0 Å². The van der Waals surface area contributed by atoms with Crippen molar-refractivity contribution in [1.82, 2.24) is 91.3 Å². The van der Waals surface area contributed by atoms with Gasteiger partial charge < -0.3 is 45.4 Å². The van der Waals surface area contributed by atoms with Crippen LogP contribution in [0.2, 0.25) is 0 Å². The minimum Gasteiger partial charge on any atom is -0.377 e. The lowest BCUT2D eigenvalue weighted by Gasteiger charge is -2.20. The topological polar surface area (TPSA) is 360 Å². The van der Waals surface area contributed by atoms with Gasteiger partial charge in [0, 0.05) is 48.2 Å². The number of ether oxygens (including phenoxy) is 1. The fourth-order valence-electron chi connectivity index (χ4n) is 6.56. The van der Waals surface area contributed by atoms with E-state index in [4.69, 9.17) is 4.74 Å². The van der Waals surface area contributed by atoms with Gasteiger partial charge in [-0.2, -0.15) is 58.0 Å². The van der Waals surface area contributed by atoms with E-state index in [0.717, 1.165) is 53.4 Å². The number of methoxy groups -OCH3 is 1. The Morgan fingerprint density at radius 2 is 0.927 bits per heavy atom. The average Bonchev–Trinajstić information content (AvgIpc) is 4.40. The molecule has 0 spiro atoms. The maximum Gasteiger partial charge on any atom is 0.455 e. The first-order valence-corrected chi connectivity index (χ1v) is 26.1. The summed E-state index contributed by atoms with van der Waals surface area (Å²) in [5.41, 5.74) is 0.980. The summed E-state index contributed by atoms with van der Waals surface area (Å²) in [6.45, 7) is 14.9. The van der Waals surface area contributed by atoms with Crippen molar-refractivity contribution in [2.24, 2.45) is 5.92 Å². The monoisotopic (exact) mass is 1150 g/mol. The van der Waals surface area contributed by atoms with Gasteiger partial charge in [0.25, 0.3) is 5.82 Å². The molecule has 0 N–H and O–H groups in total. The molecule has 3 fully saturated rings. The van der Waals surface area contributed by atoms with Crippen molar-refractivity contribution in [1.29, 1.82) is 0 Å². The van der Waals surface area contributed by atoms with Gasteiger partial charge in [0.1, 0.15) is 6.61 Å². The number of alkyl halides is 3. The maximum atomic E-state index is 11.4. The number of hydrogen-bond donors (Lipinski definition) is 0. The Balaban J connectivity index is 0.000000169. The van der Waals surface area contributed by atoms with Crippen molar-refractivity contribution in [3.05, 3.63) is 134 Å². The zero-order valence-corrected chi connectivity index (χ0v) is 46.7. The summed E-state index contributed by atoms with van der Waals surface area (Å²) in [4.78, 5) is 34.0. The molecule has 442 valence electrons. The zero-order chi connectivity index (χ0) is 58.8. The summed E-state index contributed by atoms with van der Waals surface area (Å²) in [6.07, 6.45) is 20.3. The van der Waals surface area contributed by atoms with Gasteiger partial charge in [-0.15, -0.1) is 0 Å². The Bertz CT molecular complexity index is 2870. The molecule has 28 nitrogen and oxygen atoms in total. The summed E-state index contributed by atoms with van der Waals surface area (Å²) >= 11 is 0. The van der Waals surface area contributed by atoms with Crippen LogP contribution in [0, 0.1) is 5.92 Å². The van der Waals surface area contributed by atoms with E-state index in [0.29, 0.717) is 54.2 Å². The van der Waals surface area contributed by atoms with Crippen molar-refractivity contribution in [3.8, 4) is 11.4 Å². The molecule has 1 atom stereocenters. The van der Waals surface area contributed by atoms with Gasteiger partial charge in [0.15, 0.2) is 40.8 Å². The smallest absolute Gasteiger partial charge is 0.377 e. The fraction of sp³-hybridized carbons (Fsp3) is 0.529. The molecule has 0 bridgehead atoms. The van der Waals surface area contributed by atoms with E-state index >= 15 is 0 Å². The first-order chi connectivity index (χ1) is 39.6. The summed E-state index contributed by atoms with van der Waals surface area (Å²) in [5.74, 6) is 7.80. The molecule has 9 aromatic heterocycles. The molecule has 1 unspecified atom stereocenters. The molecular formula is C51H67F3N18O10. The fourth-order valence-corrected chi connectivity index (χ4v) is 6.56. The quantitative estimate of drug-likeness (QED) is 0.123. The molecule has 0 radical (unpaired) electrons. The highest BCUT2D eigenvalue weighted by molar-refractivity contribution is 5.53. The van der Waals surface area contributed by atoms with E-state index in [1.165, 1.54) is 109 Å². The molecule has 9 heterocycles. The first kappa shape index (κ1) is 64.1. The Morgan fingerprint density at radius 3 is 1.27 bits per heavy atom. The first-order valence-electron chi connectivity index (χ1n) is 26.1. The summed E-state index contributed by atoms with van der Waals surface area (Å²) < 4.78 is 79.4. The number of benzene rings is 1. The predicted molar refractivity (Wildman–Crippen MR) is 276 cm³/mol. The molecule has 0 amide bonds. The standard InChI is InChI=1S/C8H6N2O.C7H10N2O.C6H8N2O.3C6H10N2O.C5H6N2O.C4H6N2O2.C3HF3N2O/c1-2-4-7(5-3-1)8-9-6-11-10-8;1-2-4-6(3-1)7-8-5-10-9-7;1-2-5(3-1)6-7-4-9-8-6;1-6(2,3)5-7-4-9-8-5;1-5(2)3-6-7-4-9-8-6;1-3-5(2)6-7-4-9-8-6;1-2-4(1)5-6-3-8-7-5;1-7-2-4-5-3-8-6-4;4-3(5,6)2-7-1-9-8-2/h1-6H;5-6H,1-4H2;4-5H,1-3H2;4H,1-3H3;2*4-5H,3H2,1-2H3;3-4H,1-2H2;3H,2H2,1H3;1H. The van der Waals surface area contributed by atoms with E-state index < -0.39 is 12.0 Å². The third-order valence-corrected chi connectivity index (χ3v) is 11.4. The number of hydrogen-bond acceptors (Lipinski definition) is 28. The highest BCUT2D eigenvalue weighted by Gasteiger charge is 2.36. The highest BCUT2D eigenvalue weighted by Crippen LogP contribution is 2.37. The van der Waals surface area contributed by atoms with Gasteiger partial charge in [-0.25, -0.2) is 0 Å². The maximum absolute atomic E-state index is 11.4. The summed E-state index contributed by atoms with van der Waals surface area (Å²) in [5, 5.41) is 32.1. The minimum absolute atomic E-state index is 0.00694. The Labute approximate surface area is 468 Å². The number of halogens is 3. The predicted octanol–water partition coefficient (Wildman–Crippen LogP) is 11.3. The second kappa shape index (κ2) is 35.1. The summed E-state index contributed by atoms with van der Waals surface area (Å²) in [7, 11) is 1.58. The number of aromatic nitrogens is 18. The SMILES string of the molecule is CC(C)(C)c1ncon1.CC(C)Cc1ncon1.CCC(C)c1ncon1.COCc1ncon1.FC(F)(F)c1ncon1.c1ccc(-c2ncon2)cc1.c1nc(C2CC2)no1.c1nc(C2CCC2)no1.c1nc(C2CCCC2)no1. The Hall–Kier alpha value is -8.77. The largest absolute Gasteiger partial charge is 0.455 e. The Morgan fingerprint density at radius 1 is 0.488 bits per heavy atom. The van der Waals surface area contributed by atoms with Gasteiger partial charge in [-0.1, -0.05) is 144 Å². The van der Waals surface area contributed by atoms with Gasteiger partial charge in [0.05, 0.1) is 0 Å². The van der Waals surface area contributed by atoms with Crippen LogP contribution >= 0.6 is 0 Å². The Kier molecular flexibility index (Phi) is 27.4. The second-order valence-electron chi connectivity index (χ2n) is 19.5. The van der Waals surface area contributed by atoms with Crippen LogP contribution in [0.1, 0.15) is 183 Å². The van der Waals surface area contributed by atoms with E-state index in [-0.39, 0.29) is 5.41 Å². The van der Waals surface area contributed by atoms with Crippen molar-refractivity contribution in [2.45, 2.75) is 161 Å². The molecule has 82 heavy (non-hydrogen) atoms. The van der Waals surface area contributed by atoms with Crippen LogP contribution in [0.3, 0.4) is 0 Å². The van der Waals surface area contributed by atoms with Crippen molar-refractivity contribution < 1.29 is 58.6 Å². The molecular weight excluding hydrogens is 1080 g/mol. The zero-order valence-electron chi connectivity index (χ0n) is 46.7. The molecule has 0 saturated heterocycles. The number of nitrogens with zero attached hydrogens (tertiary/aromatic N) is 18. The third kappa shape index (κ3) is 24.7. The van der Waals surface area contributed by atoms with E-state index in [1.54, 1.807) is 7.11 Å². The molecule has 3 aliphatic rings. The van der Waals surface area contributed by atoms with Crippen LogP contribution in [-0.4, -0.2) is 98.4 Å². The van der Waals surface area contributed by atoms with Gasteiger partial charge in [0.2, 0.25) is 63.4 Å². The minimum atomic E-state index is -4.49. The highest BCUT2D eigenvalue weighted by atomic mass is 19.4. The van der Waals surface area contributed by atoms with Gasteiger partial charge in [-0.05, 0) is 50.9 Å². The molecule has 13 rings (SSSR count). The average molecular weight is 1150 g/mol. The lowest BCUT2D eigenvalue weighted by atomic mass is 9.85. The van der Waals surface area contributed by atoms with Crippen LogP contribution in [0.5, 0.6) is 0 Å². The van der Waals surface area contributed by atoms with Crippen LogP contribution in [0.25, 0.3) is 11.4 Å². The van der Waals surface area contributed by atoms with E-state index in [9.17, 15) is 13.2 Å². The van der Waals surface area contributed by atoms with E-state index in [1.807, 2.05) is 51.1 Å². The lowest BCUT2D eigenvalue weighted by Crippen LogP contribution is -2.12. The number of rotatable bonds is 10. The third-order valence-electron chi connectivity index (χ3n) is 11.4. The van der Waals surface area contributed by atoms with Crippen LogP contribution in [0.4, 0.5) is 13.2 Å². The van der Waals surface area contributed by atoms with E-state index in [2.05, 4.69) is 160 Å². The van der Waals surface area contributed by atoms with Crippen LogP contribution < -0.4 is 0 Å². The van der Waals surface area contributed by atoms with Crippen molar-refractivity contribution in [2.75, 3.05) is 7.11 Å². The molecule has 3 saturated carbocycles. The molecule has 1 aromatic carbocycles. The second-order valence-corrected chi connectivity index (χ2v) is 19.5. The molecule has 31 heteroatoms. The van der Waals surface area contributed by atoms with Gasteiger partial charge in [-0.3, -0.25) is 0 Å². The molecule has 3 aliphatic carbocycles. The molecule has 0 aliphatic heterocycles. The van der Waals surface area contributed by atoms with Crippen LogP contribution in [-0.2, 0) is 29.4 Å². The lowest BCUT2D eigenvalue weighted by molar-refractivity contribution is -0.146. The van der Waals surface area contributed by atoms with Crippen LogP contribution in [0.15, 0.2) is 129 Å². The normalized spacial score (nSPS) is 14.0.